The van der Waals surface area contributed by atoms with Crippen LogP contribution in [0.15, 0.2) is 47.6 Å². The standard InChI is InChI=1S/C25H22ClN3O5/c1-25(2)22(32-13-30)21(18-9-14(11-27)7-8-20(18)34-25)33-23-16-10-17(16)24(31)29(28-23)12-15-5-3-4-6-19(15)26/h3-9,13,16-17,21-22H,10,12H2,1-2H3/t16?,17?,21-,22+/m1/s1. The minimum absolute atomic E-state index is 0.0718. The number of carbonyl (C=O) groups excluding carboxylic acids is 2. The van der Waals surface area contributed by atoms with E-state index in [1.165, 1.54) is 5.01 Å². The first kappa shape index (κ1) is 22.2. The van der Waals surface area contributed by atoms with E-state index >= 15 is 0 Å². The highest BCUT2D eigenvalue weighted by molar-refractivity contribution is 6.31. The topological polar surface area (TPSA) is 101 Å². The monoisotopic (exact) mass is 479 g/mol. The molecular weight excluding hydrogens is 458 g/mol. The summed E-state index contributed by atoms with van der Waals surface area (Å²) in [6.45, 7) is 4.18. The molecule has 1 saturated carbocycles. The summed E-state index contributed by atoms with van der Waals surface area (Å²) < 4.78 is 17.9. The normalized spacial score (nSPS) is 26.2. The molecule has 1 fully saturated rings. The number of hydrogen-bond donors (Lipinski definition) is 0. The fourth-order valence-electron chi connectivity index (χ4n) is 4.54. The fraction of sp³-hybridized carbons (Fsp3) is 0.360. The number of hydrogen-bond acceptors (Lipinski definition) is 7. The van der Waals surface area contributed by atoms with Crippen molar-refractivity contribution in [3.8, 4) is 11.8 Å². The first-order valence-corrected chi connectivity index (χ1v) is 11.3. The summed E-state index contributed by atoms with van der Waals surface area (Å²) >= 11 is 6.29. The van der Waals surface area contributed by atoms with Crippen molar-refractivity contribution in [3.63, 3.8) is 0 Å². The van der Waals surface area contributed by atoms with Gasteiger partial charge in [-0.1, -0.05) is 29.8 Å². The van der Waals surface area contributed by atoms with Crippen LogP contribution < -0.4 is 4.74 Å². The van der Waals surface area contributed by atoms with Gasteiger partial charge in [-0.25, -0.2) is 5.01 Å². The first-order valence-electron chi connectivity index (χ1n) is 10.9. The smallest absolute Gasteiger partial charge is 0.293 e. The minimum Gasteiger partial charge on any atom is -0.483 e. The van der Waals surface area contributed by atoms with Crippen molar-refractivity contribution >= 4 is 29.9 Å². The van der Waals surface area contributed by atoms with Crippen molar-refractivity contribution in [2.45, 2.75) is 44.6 Å². The number of halogens is 1. The molecule has 8 nitrogen and oxygen atoms in total. The number of carbonyl (C=O) groups is 2. The maximum absolute atomic E-state index is 12.9. The molecule has 0 saturated heterocycles. The molecule has 174 valence electrons. The highest BCUT2D eigenvalue weighted by atomic mass is 35.5. The van der Waals surface area contributed by atoms with Gasteiger partial charge in [-0.2, -0.15) is 5.26 Å². The zero-order valence-corrected chi connectivity index (χ0v) is 19.4. The number of hydrazone groups is 1. The van der Waals surface area contributed by atoms with E-state index in [9.17, 15) is 14.9 Å². The third-order valence-electron chi connectivity index (χ3n) is 6.40. The van der Waals surface area contributed by atoms with Gasteiger partial charge in [0.15, 0.2) is 12.2 Å². The summed E-state index contributed by atoms with van der Waals surface area (Å²) in [7, 11) is 0. The number of ether oxygens (including phenoxy) is 3. The summed E-state index contributed by atoms with van der Waals surface area (Å²) in [5.74, 6) is 0.510. The molecule has 2 unspecified atom stereocenters. The van der Waals surface area contributed by atoms with Crippen LogP contribution in [0.4, 0.5) is 0 Å². The van der Waals surface area contributed by atoms with Crippen molar-refractivity contribution < 1.29 is 23.8 Å². The Kier molecular flexibility index (Phi) is 5.45. The van der Waals surface area contributed by atoms with E-state index in [0.717, 1.165) is 5.56 Å². The summed E-state index contributed by atoms with van der Waals surface area (Å²) in [4.78, 5) is 24.2. The molecule has 0 N–H and O–H groups in total. The van der Waals surface area contributed by atoms with Crippen molar-refractivity contribution in [2.24, 2.45) is 16.9 Å². The molecule has 0 radical (unpaired) electrons. The second-order valence-corrected chi connectivity index (χ2v) is 9.54. The SMILES string of the molecule is CC1(C)Oc2ccc(C#N)cc2[C@@H](OC2=NN(Cc3ccccc3Cl)C(=O)C3CC23)[C@@H]1OC=O. The van der Waals surface area contributed by atoms with Crippen LogP contribution in [0.1, 0.15) is 43.1 Å². The van der Waals surface area contributed by atoms with E-state index in [1.807, 2.05) is 18.2 Å². The van der Waals surface area contributed by atoms with E-state index in [1.54, 1.807) is 38.1 Å². The van der Waals surface area contributed by atoms with E-state index in [0.29, 0.717) is 40.7 Å². The van der Waals surface area contributed by atoms with Crippen LogP contribution in [0.25, 0.3) is 0 Å². The second kappa shape index (κ2) is 8.33. The Morgan fingerprint density at radius 1 is 1.29 bits per heavy atom. The second-order valence-electron chi connectivity index (χ2n) is 9.14. The Morgan fingerprint density at radius 2 is 2.09 bits per heavy atom. The molecule has 9 heteroatoms. The molecule has 3 aliphatic rings. The Labute approximate surface area is 201 Å². The molecule has 1 amide bonds. The average Bonchev–Trinajstić information content (AvgIpc) is 3.61. The lowest BCUT2D eigenvalue weighted by Gasteiger charge is -2.43. The molecule has 2 aromatic rings. The van der Waals surface area contributed by atoms with E-state index < -0.39 is 17.8 Å². The molecule has 1 aliphatic carbocycles. The summed E-state index contributed by atoms with van der Waals surface area (Å²) in [6.07, 6.45) is -0.943. The van der Waals surface area contributed by atoms with Gasteiger partial charge in [0.25, 0.3) is 6.47 Å². The zero-order chi connectivity index (χ0) is 24.0. The van der Waals surface area contributed by atoms with Gasteiger partial charge in [-0.05, 0) is 50.1 Å². The van der Waals surface area contributed by atoms with E-state index in [2.05, 4.69) is 11.2 Å². The van der Waals surface area contributed by atoms with Gasteiger partial charge in [0, 0.05) is 16.5 Å². The van der Waals surface area contributed by atoms with Gasteiger partial charge in [0.2, 0.25) is 11.8 Å². The third-order valence-corrected chi connectivity index (χ3v) is 6.77. The summed E-state index contributed by atoms with van der Waals surface area (Å²) in [5, 5.41) is 15.9. The van der Waals surface area contributed by atoms with Crippen LogP contribution >= 0.6 is 11.6 Å². The van der Waals surface area contributed by atoms with Crippen LogP contribution in [-0.4, -0.2) is 35.0 Å². The van der Waals surface area contributed by atoms with Crippen LogP contribution in [0.5, 0.6) is 5.75 Å². The maximum atomic E-state index is 12.9. The molecule has 0 aromatic heterocycles. The minimum atomic E-state index is -0.905. The lowest BCUT2D eigenvalue weighted by molar-refractivity contribution is -0.162. The largest absolute Gasteiger partial charge is 0.483 e. The van der Waals surface area contributed by atoms with Crippen molar-refractivity contribution in [3.05, 3.63) is 64.2 Å². The van der Waals surface area contributed by atoms with Crippen molar-refractivity contribution in [1.82, 2.24) is 5.01 Å². The van der Waals surface area contributed by atoms with Gasteiger partial charge in [0.05, 0.1) is 24.1 Å². The van der Waals surface area contributed by atoms with Crippen molar-refractivity contribution in [2.75, 3.05) is 0 Å². The Morgan fingerprint density at radius 3 is 2.82 bits per heavy atom. The van der Waals surface area contributed by atoms with Gasteiger partial charge < -0.3 is 14.2 Å². The number of benzene rings is 2. The average molecular weight is 480 g/mol. The summed E-state index contributed by atoms with van der Waals surface area (Å²) in [5.41, 5.74) is 0.876. The fourth-order valence-corrected chi connectivity index (χ4v) is 4.74. The van der Waals surface area contributed by atoms with Gasteiger partial charge in [-0.3, -0.25) is 9.59 Å². The van der Waals surface area contributed by atoms with Crippen LogP contribution in [0, 0.1) is 23.2 Å². The molecular formula is C25H22ClN3O5. The molecule has 0 bridgehead atoms. The predicted octanol–water partition coefficient (Wildman–Crippen LogP) is 3.97. The van der Waals surface area contributed by atoms with Gasteiger partial charge >= 0.3 is 0 Å². The third kappa shape index (κ3) is 3.86. The molecule has 4 atom stereocenters. The molecule has 2 heterocycles. The molecule has 0 spiro atoms. The van der Waals surface area contributed by atoms with E-state index in [4.69, 9.17) is 25.8 Å². The Bertz CT molecular complexity index is 1240. The highest BCUT2D eigenvalue weighted by Crippen LogP contribution is 2.49. The predicted molar refractivity (Wildman–Crippen MR) is 122 cm³/mol. The number of nitriles is 1. The highest BCUT2D eigenvalue weighted by Gasteiger charge is 2.55. The number of rotatable bonds is 5. The Hall–Kier alpha value is -3.57. The number of nitrogens with zero attached hydrogens (tertiary/aromatic N) is 3. The molecule has 2 aromatic carbocycles. The lowest BCUT2D eigenvalue weighted by Crippen LogP contribution is -2.51. The zero-order valence-electron chi connectivity index (χ0n) is 18.6. The molecule has 34 heavy (non-hydrogen) atoms. The Balaban J connectivity index is 1.51. The summed E-state index contributed by atoms with van der Waals surface area (Å²) in [6, 6.07) is 14.4. The van der Waals surface area contributed by atoms with Crippen LogP contribution in [0.2, 0.25) is 5.02 Å². The molecule has 2 aliphatic heterocycles. The number of fused-ring (bicyclic) bond motifs is 2. The maximum Gasteiger partial charge on any atom is 0.293 e. The van der Waals surface area contributed by atoms with Crippen LogP contribution in [-0.2, 0) is 25.6 Å². The van der Waals surface area contributed by atoms with E-state index in [-0.39, 0.29) is 24.3 Å². The van der Waals surface area contributed by atoms with Gasteiger partial charge in [-0.15, -0.1) is 5.10 Å². The molecule has 5 rings (SSSR count). The quantitative estimate of drug-likeness (QED) is 0.601. The number of amides is 1. The van der Waals surface area contributed by atoms with Crippen LogP contribution in [0.3, 0.4) is 0 Å². The van der Waals surface area contributed by atoms with Crippen molar-refractivity contribution in [1.29, 1.82) is 5.26 Å². The first-order chi connectivity index (χ1) is 16.3. The lowest BCUT2D eigenvalue weighted by atomic mass is 9.87. The van der Waals surface area contributed by atoms with Gasteiger partial charge in [0.1, 0.15) is 11.4 Å².